The summed E-state index contributed by atoms with van der Waals surface area (Å²) in [4.78, 5) is 22.1. The minimum absolute atomic E-state index is 0.149. The quantitative estimate of drug-likeness (QED) is 0.487. The van der Waals surface area contributed by atoms with Gasteiger partial charge in [0, 0.05) is 0 Å². The number of methoxy groups -OCH3 is 2. The van der Waals surface area contributed by atoms with Crippen LogP contribution in [0.1, 0.15) is 15.9 Å². The number of carbonyl (C=O) groups is 2. The second kappa shape index (κ2) is 5.69. The molecule has 0 heterocycles. The molecule has 0 radical (unpaired) electrons. The summed E-state index contributed by atoms with van der Waals surface area (Å²) in [6, 6.07) is 5.85. The van der Waals surface area contributed by atoms with Crippen molar-refractivity contribution in [3.8, 4) is 0 Å². The van der Waals surface area contributed by atoms with E-state index in [1.165, 1.54) is 44.7 Å². The zero-order valence-electron chi connectivity index (χ0n) is 9.47. The van der Waals surface area contributed by atoms with E-state index in [0.717, 1.165) is 0 Å². The van der Waals surface area contributed by atoms with Gasteiger partial charge in [-0.15, -0.1) is 0 Å². The van der Waals surface area contributed by atoms with E-state index in [0.29, 0.717) is 5.56 Å². The van der Waals surface area contributed by atoms with Crippen molar-refractivity contribution in [2.75, 3.05) is 14.2 Å². The predicted molar refractivity (Wildman–Crippen MR) is 60.4 cm³/mol. The molecule has 0 fully saturated rings. The Bertz CT molecular complexity index is 444. The van der Waals surface area contributed by atoms with E-state index in [4.69, 9.17) is 9.84 Å². The van der Waals surface area contributed by atoms with Crippen LogP contribution in [0, 0.1) is 0 Å². The van der Waals surface area contributed by atoms with Gasteiger partial charge in [-0.2, -0.15) is 0 Å². The average molecular weight is 236 g/mol. The molecule has 90 valence electrons. The van der Waals surface area contributed by atoms with E-state index in [9.17, 15) is 9.59 Å². The van der Waals surface area contributed by atoms with E-state index in [1.54, 1.807) is 0 Å². The first-order chi connectivity index (χ1) is 8.10. The van der Waals surface area contributed by atoms with Gasteiger partial charge in [0.1, 0.15) is 5.57 Å². The Hall–Kier alpha value is -2.30. The van der Waals surface area contributed by atoms with Crippen molar-refractivity contribution in [3.63, 3.8) is 0 Å². The summed E-state index contributed by atoms with van der Waals surface area (Å²) in [5, 5.41) is 8.74. The van der Waals surface area contributed by atoms with E-state index in [2.05, 4.69) is 4.74 Å². The zero-order valence-corrected chi connectivity index (χ0v) is 9.47. The van der Waals surface area contributed by atoms with Crippen LogP contribution >= 0.6 is 0 Å². The number of esters is 1. The first kappa shape index (κ1) is 12.8. The number of rotatable bonds is 4. The van der Waals surface area contributed by atoms with Crippen LogP contribution in [-0.4, -0.2) is 31.3 Å². The molecule has 1 rings (SSSR count). The molecule has 1 N–H and O–H groups in total. The third kappa shape index (κ3) is 3.07. The Morgan fingerprint density at radius 2 is 1.65 bits per heavy atom. The Morgan fingerprint density at radius 1 is 1.12 bits per heavy atom. The van der Waals surface area contributed by atoms with Crippen LogP contribution in [0.5, 0.6) is 0 Å². The Morgan fingerprint density at radius 3 is 2.06 bits per heavy atom. The second-order valence-corrected chi connectivity index (χ2v) is 3.14. The normalized spacial score (nSPS) is 10.8. The van der Waals surface area contributed by atoms with Gasteiger partial charge in [0.2, 0.25) is 0 Å². The van der Waals surface area contributed by atoms with Gasteiger partial charge in [-0.1, -0.05) is 12.1 Å². The number of hydrogen-bond acceptors (Lipinski definition) is 4. The number of benzene rings is 1. The lowest BCUT2D eigenvalue weighted by Gasteiger charge is -2.05. The SMILES string of the molecule is CO/C=C(\C(=O)OC)c1ccc(C(=O)O)cc1. The number of ether oxygens (including phenoxy) is 2. The maximum atomic E-state index is 11.4. The van der Waals surface area contributed by atoms with Crippen LogP contribution < -0.4 is 0 Å². The minimum atomic E-state index is -1.02. The second-order valence-electron chi connectivity index (χ2n) is 3.14. The highest BCUT2D eigenvalue weighted by Gasteiger charge is 2.13. The monoisotopic (exact) mass is 236 g/mol. The molecule has 0 spiro atoms. The molecular formula is C12H12O5. The van der Waals surface area contributed by atoms with Gasteiger partial charge in [0.05, 0.1) is 26.0 Å². The molecule has 0 saturated heterocycles. The van der Waals surface area contributed by atoms with E-state index in [-0.39, 0.29) is 11.1 Å². The molecule has 0 saturated carbocycles. The number of carboxylic acid groups (broad SMARTS) is 1. The summed E-state index contributed by atoms with van der Waals surface area (Å²) >= 11 is 0. The van der Waals surface area contributed by atoms with Crippen molar-refractivity contribution >= 4 is 17.5 Å². The Kier molecular flexibility index (Phi) is 4.28. The van der Waals surface area contributed by atoms with Crippen molar-refractivity contribution in [1.29, 1.82) is 0 Å². The predicted octanol–water partition coefficient (Wildman–Crippen LogP) is 1.55. The van der Waals surface area contributed by atoms with Crippen molar-refractivity contribution < 1.29 is 24.2 Å². The first-order valence-corrected chi connectivity index (χ1v) is 4.75. The van der Waals surface area contributed by atoms with Crippen LogP contribution in [0.4, 0.5) is 0 Å². The van der Waals surface area contributed by atoms with Gasteiger partial charge < -0.3 is 14.6 Å². The fourth-order valence-electron chi connectivity index (χ4n) is 1.25. The topological polar surface area (TPSA) is 72.8 Å². The molecule has 0 unspecified atom stereocenters. The summed E-state index contributed by atoms with van der Waals surface area (Å²) in [5.41, 5.74) is 0.908. The lowest BCUT2D eigenvalue weighted by molar-refractivity contribution is -0.133. The molecule has 0 aliphatic rings. The highest BCUT2D eigenvalue weighted by atomic mass is 16.5. The molecule has 1 aromatic carbocycles. The molecule has 17 heavy (non-hydrogen) atoms. The smallest absolute Gasteiger partial charge is 0.341 e. The van der Waals surface area contributed by atoms with Gasteiger partial charge in [0.15, 0.2) is 0 Å². The number of aromatic carboxylic acids is 1. The highest BCUT2D eigenvalue weighted by Crippen LogP contribution is 2.17. The molecule has 0 bridgehead atoms. The van der Waals surface area contributed by atoms with Crippen molar-refractivity contribution in [2.45, 2.75) is 0 Å². The molecule has 0 aliphatic heterocycles. The van der Waals surface area contributed by atoms with Crippen LogP contribution in [0.2, 0.25) is 0 Å². The van der Waals surface area contributed by atoms with Crippen LogP contribution in [0.25, 0.3) is 5.57 Å². The maximum absolute atomic E-state index is 11.4. The number of hydrogen-bond donors (Lipinski definition) is 1. The van der Waals surface area contributed by atoms with Gasteiger partial charge in [0.25, 0.3) is 0 Å². The highest BCUT2D eigenvalue weighted by molar-refractivity contribution is 6.16. The molecule has 5 nitrogen and oxygen atoms in total. The largest absolute Gasteiger partial charge is 0.503 e. The number of carbonyl (C=O) groups excluding carboxylic acids is 1. The van der Waals surface area contributed by atoms with Crippen LogP contribution in [-0.2, 0) is 14.3 Å². The summed E-state index contributed by atoms with van der Waals surface area (Å²) in [6.45, 7) is 0. The minimum Gasteiger partial charge on any atom is -0.503 e. The van der Waals surface area contributed by atoms with E-state index in [1.807, 2.05) is 0 Å². The van der Waals surface area contributed by atoms with E-state index < -0.39 is 11.9 Å². The third-order valence-corrected chi connectivity index (χ3v) is 2.08. The molecule has 1 aromatic rings. The third-order valence-electron chi connectivity index (χ3n) is 2.08. The fourth-order valence-corrected chi connectivity index (χ4v) is 1.25. The lowest BCUT2D eigenvalue weighted by Crippen LogP contribution is -2.05. The molecule has 0 atom stereocenters. The van der Waals surface area contributed by atoms with Gasteiger partial charge in [-0.3, -0.25) is 0 Å². The standard InChI is InChI=1S/C12H12O5/c1-16-7-10(12(15)17-2)8-3-5-9(6-4-8)11(13)14/h3-7H,1-2H3,(H,13,14)/b10-7-. The summed E-state index contributed by atoms with van der Waals surface area (Å²) in [7, 11) is 2.67. The van der Waals surface area contributed by atoms with Gasteiger partial charge in [-0.05, 0) is 17.7 Å². The zero-order chi connectivity index (χ0) is 12.8. The van der Waals surface area contributed by atoms with Crippen molar-refractivity contribution in [3.05, 3.63) is 41.7 Å². The van der Waals surface area contributed by atoms with E-state index >= 15 is 0 Å². The molecule has 0 aliphatic carbocycles. The van der Waals surface area contributed by atoms with Crippen LogP contribution in [0.15, 0.2) is 30.5 Å². The van der Waals surface area contributed by atoms with Gasteiger partial charge >= 0.3 is 11.9 Å². The average Bonchev–Trinajstić information content (AvgIpc) is 2.35. The maximum Gasteiger partial charge on any atom is 0.341 e. The number of carboxylic acids is 1. The van der Waals surface area contributed by atoms with Crippen molar-refractivity contribution in [1.82, 2.24) is 0 Å². The molecule has 5 heteroatoms. The van der Waals surface area contributed by atoms with Crippen molar-refractivity contribution in [2.24, 2.45) is 0 Å². The summed E-state index contributed by atoms with van der Waals surface area (Å²) < 4.78 is 9.37. The fraction of sp³-hybridized carbons (Fsp3) is 0.167. The first-order valence-electron chi connectivity index (χ1n) is 4.75. The lowest BCUT2D eigenvalue weighted by atomic mass is 10.1. The van der Waals surface area contributed by atoms with Gasteiger partial charge in [-0.25, -0.2) is 9.59 Å². The summed E-state index contributed by atoms with van der Waals surface area (Å²) in [5.74, 6) is -1.57. The molecular weight excluding hydrogens is 224 g/mol. The Labute approximate surface area is 98.3 Å². The Balaban J connectivity index is 3.08. The molecule has 0 aromatic heterocycles. The summed E-state index contributed by atoms with van der Waals surface area (Å²) in [6.07, 6.45) is 1.25. The molecule has 0 amide bonds. The van der Waals surface area contributed by atoms with Crippen LogP contribution in [0.3, 0.4) is 0 Å².